The van der Waals surface area contributed by atoms with Gasteiger partial charge >= 0.3 is 0 Å². The van der Waals surface area contributed by atoms with Gasteiger partial charge in [-0.3, -0.25) is 15.0 Å². The molecule has 1 aliphatic rings. The molecule has 4 N–H and O–H groups in total. The highest BCUT2D eigenvalue weighted by Gasteiger charge is 2.33. The number of rotatable bonds is 4. The average molecular weight is 276 g/mol. The summed E-state index contributed by atoms with van der Waals surface area (Å²) in [5, 5.41) is 5.60. The van der Waals surface area contributed by atoms with Crippen molar-refractivity contribution in [2.75, 3.05) is 6.54 Å². The molecule has 2 unspecified atom stereocenters. The normalized spacial score (nSPS) is 21.5. The third-order valence-electron chi connectivity index (χ3n) is 3.26. The average Bonchev–Trinajstić information content (AvgIpc) is 2.85. The third-order valence-corrected chi connectivity index (χ3v) is 3.26. The van der Waals surface area contributed by atoms with Crippen LogP contribution in [0, 0.1) is 12.8 Å². The van der Waals surface area contributed by atoms with E-state index >= 15 is 0 Å². The Hall–Kier alpha value is -1.92. The lowest BCUT2D eigenvalue weighted by atomic mass is 10.1. The standard InChI is InChI=1S/C14H20N4O2/c1-9-3-5-11(6-4-9)7-15-14(20)12-8-16-18-13(12)17-10(2)19/h3-6,12-13,16,18H,7-8H2,1-2H3,(H,15,20)(H,17,19). The highest BCUT2D eigenvalue weighted by Crippen LogP contribution is 2.07. The van der Waals surface area contributed by atoms with E-state index in [-0.39, 0.29) is 23.9 Å². The van der Waals surface area contributed by atoms with E-state index in [4.69, 9.17) is 0 Å². The van der Waals surface area contributed by atoms with Gasteiger partial charge in [0.05, 0.1) is 5.92 Å². The van der Waals surface area contributed by atoms with Crippen molar-refractivity contribution < 1.29 is 9.59 Å². The molecule has 2 amide bonds. The van der Waals surface area contributed by atoms with Crippen LogP contribution >= 0.6 is 0 Å². The van der Waals surface area contributed by atoms with Crippen LogP contribution in [-0.2, 0) is 16.1 Å². The molecule has 0 aliphatic carbocycles. The number of nitrogens with one attached hydrogen (secondary N) is 4. The van der Waals surface area contributed by atoms with E-state index in [1.54, 1.807) is 0 Å². The molecule has 1 aromatic rings. The van der Waals surface area contributed by atoms with Gasteiger partial charge < -0.3 is 10.6 Å². The zero-order valence-electron chi connectivity index (χ0n) is 11.7. The first kappa shape index (κ1) is 14.5. The number of carbonyl (C=O) groups is 2. The number of carbonyl (C=O) groups excluding carboxylic acids is 2. The zero-order chi connectivity index (χ0) is 14.5. The lowest BCUT2D eigenvalue weighted by Crippen LogP contribution is -2.49. The summed E-state index contributed by atoms with van der Waals surface area (Å²) in [6.45, 7) is 4.44. The van der Waals surface area contributed by atoms with Gasteiger partial charge in [-0.15, -0.1) is 0 Å². The van der Waals surface area contributed by atoms with E-state index in [0.29, 0.717) is 13.1 Å². The maximum atomic E-state index is 12.1. The van der Waals surface area contributed by atoms with Crippen molar-refractivity contribution in [3.8, 4) is 0 Å². The summed E-state index contributed by atoms with van der Waals surface area (Å²) >= 11 is 0. The molecule has 108 valence electrons. The van der Waals surface area contributed by atoms with Crippen molar-refractivity contribution in [3.05, 3.63) is 35.4 Å². The number of hydrazine groups is 1. The van der Waals surface area contributed by atoms with E-state index in [1.165, 1.54) is 12.5 Å². The number of benzene rings is 1. The van der Waals surface area contributed by atoms with Gasteiger partial charge in [0, 0.05) is 20.0 Å². The number of hydrogen-bond acceptors (Lipinski definition) is 4. The van der Waals surface area contributed by atoms with Gasteiger partial charge in [0.1, 0.15) is 6.17 Å². The van der Waals surface area contributed by atoms with Crippen LogP contribution in [0.5, 0.6) is 0 Å². The summed E-state index contributed by atoms with van der Waals surface area (Å²) in [6.07, 6.45) is -0.370. The Labute approximate surface area is 118 Å². The van der Waals surface area contributed by atoms with Crippen LogP contribution in [0.2, 0.25) is 0 Å². The summed E-state index contributed by atoms with van der Waals surface area (Å²) in [7, 11) is 0. The van der Waals surface area contributed by atoms with Crippen LogP contribution in [0.25, 0.3) is 0 Å². The quantitative estimate of drug-likeness (QED) is 0.614. The Morgan fingerprint density at radius 1 is 1.30 bits per heavy atom. The molecule has 6 nitrogen and oxygen atoms in total. The van der Waals surface area contributed by atoms with E-state index in [0.717, 1.165) is 5.56 Å². The van der Waals surface area contributed by atoms with Gasteiger partial charge in [0.15, 0.2) is 0 Å². The summed E-state index contributed by atoms with van der Waals surface area (Å²) in [4.78, 5) is 23.2. The minimum atomic E-state index is -0.370. The molecule has 1 aliphatic heterocycles. The lowest BCUT2D eigenvalue weighted by Gasteiger charge is -2.18. The van der Waals surface area contributed by atoms with Crippen molar-refractivity contribution in [2.24, 2.45) is 5.92 Å². The van der Waals surface area contributed by atoms with Crippen molar-refractivity contribution >= 4 is 11.8 Å². The highest BCUT2D eigenvalue weighted by molar-refractivity contribution is 5.81. The Morgan fingerprint density at radius 2 is 2.00 bits per heavy atom. The Kier molecular flexibility index (Phi) is 4.70. The molecule has 0 saturated carbocycles. The highest BCUT2D eigenvalue weighted by atomic mass is 16.2. The minimum Gasteiger partial charge on any atom is -0.352 e. The van der Waals surface area contributed by atoms with Crippen molar-refractivity contribution in [1.29, 1.82) is 0 Å². The first-order chi connectivity index (χ1) is 9.56. The molecule has 2 rings (SSSR count). The molecule has 2 atom stereocenters. The third kappa shape index (κ3) is 3.79. The molecule has 1 fully saturated rings. The maximum absolute atomic E-state index is 12.1. The molecule has 0 bridgehead atoms. The second-order valence-electron chi connectivity index (χ2n) is 5.01. The SMILES string of the molecule is CC(=O)NC1NNCC1C(=O)NCc1ccc(C)cc1. The van der Waals surface area contributed by atoms with E-state index in [1.807, 2.05) is 31.2 Å². The van der Waals surface area contributed by atoms with Gasteiger partial charge in [-0.2, -0.15) is 0 Å². The van der Waals surface area contributed by atoms with Gasteiger partial charge in [-0.05, 0) is 12.5 Å². The molecular weight excluding hydrogens is 256 g/mol. The fourth-order valence-electron chi connectivity index (χ4n) is 2.12. The van der Waals surface area contributed by atoms with E-state index in [2.05, 4.69) is 21.5 Å². The number of hydrogen-bond donors (Lipinski definition) is 4. The van der Waals surface area contributed by atoms with Crippen LogP contribution in [0.15, 0.2) is 24.3 Å². The summed E-state index contributed by atoms with van der Waals surface area (Å²) in [5.74, 6) is -0.561. The van der Waals surface area contributed by atoms with E-state index in [9.17, 15) is 9.59 Å². The van der Waals surface area contributed by atoms with Gasteiger partial charge in [-0.1, -0.05) is 29.8 Å². The van der Waals surface area contributed by atoms with Gasteiger partial charge in [-0.25, -0.2) is 5.43 Å². The van der Waals surface area contributed by atoms with Crippen molar-refractivity contribution in [1.82, 2.24) is 21.5 Å². The maximum Gasteiger partial charge on any atom is 0.228 e. The predicted octanol–water partition coefficient (Wildman–Crippen LogP) is -0.203. The number of aryl methyl sites for hydroxylation is 1. The molecule has 0 spiro atoms. The van der Waals surface area contributed by atoms with E-state index < -0.39 is 0 Å². The van der Waals surface area contributed by atoms with Crippen molar-refractivity contribution in [3.63, 3.8) is 0 Å². The second kappa shape index (κ2) is 6.49. The Balaban J connectivity index is 1.87. The molecule has 6 heteroatoms. The van der Waals surface area contributed by atoms with Crippen LogP contribution in [-0.4, -0.2) is 24.5 Å². The van der Waals surface area contributed by atoms with Crippen molar-refractivity contribution in [2.45, 2.75) is 26.6 Å². The topological polar surface area (TPSA) is 82.3 Å². The number of amides is 2. The summed E-state index contributed by atoms with van der Waals surface area (Å²) in [6, 6.07) is 8.01. The predicted molar refractivity (Wildman–Crippen MR) is 75.3 cm³/mol. The first-order valence-corrected chi connectivity index (χ1v) is 6.65. The molecule has 1 aromatic carbocycles. The van der Waals surface area contributed by atoms with Gasteiger partial charge in [0.2, 0.25) is 11.8 Å². The van der Waals surface area contributed by atoms with Crippen LogP contribution in [0.1, 0.15) is 18.1 Å². The van der Waals surface area contributed by atoms with Crippen LogP contribution in [0.4, 0.5) is 0 Å². The molecular formula is C14H20N4O2. The minimum absolute atomic E-state index is 0.0816. The monoisotopic (exact) mass is 276 g/mol. The van der Waals surface area contributed by atoms with Gasteiger partial charge in [0.25, 0.3) is 0 Å². The molecule has 0 radical (unpaired) electrons. The Bertz CT molecular complexity index is 486. The second-order valence-corrected chi connectivity index (χ2v) is 5.01. The fourth-order valence-corrected chi connectivity index (χ4v) is 2.12. The zero-order valence-corrected chi connectivity index (χ0v) is 11.7. The lowest BCUT2D eigenvalue weighted by molar-refractivity contribution is -0.126. The molecule has 1 heterocycles. The molecule has 20 heavy (non-hydrogen) atoms. The largest absolute Gasteiger partial charge is 0.352 e. The van der Waals surface area contributed by atoms with Crippen LogP contribution in [0.3, 0.4) is 0 Å². The first-order valence-electron chi connectivity index (χ1n) is 6.65. The molecule has 1 saturated heterocycles. The summed E-state index contributed by atoms with van der Waals surface area (Å²) in [5.41, 5.74) is 8.01. The van der Waals surface area contributed by atoms with Crippen LogP contribution < -0.4 is 21.5 Å². The fraction of sp³-hybridized carbons (Fsp3) is 0.429. The Morgan fingerprint density at radius 3 is 2.65 bits per heavy atom. The smallest absolute Gasteiger partial charge is 0.228 e. The summed E-state index contributed by atoms with van der Waals surface area (Å²) < 4.78 is 0. The molecule has 0 aromatic heterocycles.